The molecule has 4 aromatic rings. The fraction of sp³-hybridized carbons (Fsp3) is 0.393. The first kappa shape index (κ1) is 28.4. The lowest BCUT2D eigenvalue weighted by Crippen LogP contribution is -2.43. The van der Waals surface area contributed by atoms with E-state index in [-0.39, 0.29) is 53.3 Å². The quantitative estimate of drug-likeness (QED) is 0.274. The minimum Gasteiger partial charge on any atom is -0.481 e. The second-order valence-electron chi connectivity index (χ2n) is 10.4. The predicted molar refractivity (Wildman–Crippen MR) is 149 cm³/mol. The van der Waals surface area contributed by atoms with Crippen LogP contribution in [0.15, 0.2) is 30.5 Å². The largest absolute Gasteiger partial charge is 0.481 e. The van der Waals surface area contributed by atoms with Crippen LogP contribution >= 0.6 is 22.9 Å². The Morgan fingerprint density at radius 3 is 2.57 bits per heavy atom. The molecular weight excluding hydrogens is 593 g/mol. The van der Waals surface area contributed by atoms with Crippen molar-refractivity contribution >= 4 is 40.4 Å². The monoisotopic (exact) mass is 618 g/mol. The second-order valence-corrected chi connectivity index (χ2v) is 12.0. The summed E-state index contributed by atoms with van der Waals surface area (Å²) in [5.74, 6) is -0.438. The third kappa shape index (κ3) is 5.19. The number of hydrogen-bond acceptors (Lipinski definition) is 7. The number of imidazole rings is 1. The number of aromatic nitrogens is 4. The van der Waals surface area contributed by atoms with Crippen molar-refractivity contribution in [1.82, 2.24) is 29.2 Å². The Balaban J connectivity index is 1.28. The third-order valence-electron chi connectivity index (χ3n) is 7.53. The van der Waals surface area contributed by atoms with E-state index < -0.39 is 17.8 Å². The number of fused-ring (bicyclic) bond motifs is 3. The number of carbonyl (C=O) groups is 2. The fourth-order valence-electron chi connectivity index (χ4n) is 5.28. The van der Waals surface area contributed by atoms with Crippen molar-refractivity contribution in [2.24, 2.45) is 0 Å². The minimum atomic E-state index is -4.51. The Morgan fingerprint density at radius 1 is 1.17 bits per heavy atom. The van der Waals surface area contributed by atoms with Crippen molar-refractivity contribution in [3.05, 3.63) is 73.8 Å². The summed E-state index contributed by atoms with van der Waals surface area (Å²) >= 11 is 7.74. The number of aryl methyl sites for hydroxylation is 2. The fourth-order valence-corrected chi connectivity index (χ4v) is 6.53. The van der Waals surface area contributed by atoms with Crippen LogP contribution < -0.4 is 4.74 Å². The molecule has 9 nitrogen and oxygen atoms in total. The summed E-state index contributed by atoms with van der Waals surface area (Å²) in [6.07, 6.45) is -0.886. The van der Waals surface area contributed by atoms with Crippen LogP contribution in [0.5, 0.6) is 5.75 Å². The van der Waals surface area contributed by atoms with Gasteiger partial charge in [0.25, 0.3) is 11.8 Å². The standard InChI is InChI=1S/C28H26ClF3N6O3S/c1-14-25(42-15(2)33-14)24-23-18(34-21-12-16(28(30,31)32)8-10-37(21)23)9-11-38(24)22(39)13-41-20-7-6-19(35-26(20)29)27(40)36(3)17-4-5-17/h6-8,10,12,17,24H,4-5,9,11,13H2,1-3H3. The number of ether oxygens (including phenoxy) is 1. The van der Waals surface area contributed by atoms with Gasteiger partial charge < -0.3 is 18.9 Å². The molecule has 5 heterocycles. The summed E-state index contributed by atoms with van der Waals surface area (Å²) in [5, 5.41) is 0.762. The molecule has 2 amide bonds. The van der Waals surface area contributed by atoms with Gasteiger partial charge in [-0.25, -0.2) is 15.0 Å². The average Bonchev–Trinajstić information content (AvgIpc) is 3.65. The SMILES string of the molecule is Cc1nc(C)c(C2c3c(nc4cc(C(F)(F)F)ccn34)CCN2C(=O)COc2ccc(C(=O)N(C)C3CC3)nc2Cl)s1. The van der Waals surface area contributed by atoms with Gasteiger partial charge in [-0.15, -0.1) is 11.3 Å². The van der Waals surface area contributed by atoms with E-state index >= 15 is 0 Å². The van der Waals surface area contributed by atoms with E-state index in [1.165, 1.54) is 29.7 Å². The number of pyridine rings is 2. The van der Waals surface area contributed by atoms with Crippen LogP contribution in [0.4, 0.5) is 13.2 Å². The van der Waals surface area contributed by atoms with Gasteiger partial charge in [-0.3, -0.25) is 9.59 Å². The zero-order valence-corrected chi connectivity index (χ0v) is 24.5. The van der Waals surface area contributed by atoms with Crippen molar-refractivity contribution < 1.29 is 27.5 Å². The molecule has 0 N–H and O–H groups in total. The highest BCUT2D eigenvalue weighted by Gasteiger charge is 2.39. The summed E-state index contributed by atoms with van der Waals surface area (Å²) < 4.78 is 47.6. The number of hydrogen-bond donors (Lipinski definition) is 0. The Kier molecular flexibility index (Phi) is 7.12. The molecule has 1 atom stereocenters. The van der Waals surface area contributed by atoms with Crippen molar-refractivity contribution in [1.29, 1.82) is 0 Å². The van der Waals surface area contributed by atoms with E-state index in [1.807, 2.05) is 13.8 Å². The maximum atomic E-state index is 13.7. The number of nitrogens with zero attached hydrogens (tertiary/aromatic N) is 6. The Hall–Kier alpha value is -3.71. The first-order valence-electron chi connectivity index (χ1n) is 13.3. The second kappa shape index (κ2) is 10.5. The smallest absolute Gasteiger partial charge is 0.416 e. The van der Waals surface area contributed by atoms with Crippen LogP contribution in [0.2, 0.25) is 5.15 Å². The molecule has 1 saturated carbocycles. The van der Waals surface area contributed by atoms with Crippen LogP contribution in [0, 0.1) is 13.8 Å². The Labute approximate surface area is 247 Å². The summed E-state index contributed by atoms with van der Waals surface area (Å²) in [6.45, 7) is 3.61. The zero-order chi connectivity index (χ0) is 29.9. The van der Waals surface area contributed by atoms with Crippen LogP contribution in [-0.4, -0.2) is 67.2 Å². The molecule has 1 unspecified atom stereocenters. The molecular formula is C28H26ClF3N6O3S. The highest BCUT2D eigenvalue weighted by Crippen LogP contribution is 2.41. The average molecular weight is 619 g/mol. The van der Waals surface area contributed by atoms with Gasteiger partial charge in [0.2, 0.25) is 0 Å². The lowest BCUT2D eigenvalue weighted by Gasteiger charge is -2.35. The summed E-state index contributed by atoms with van der Waals surface area (Å²) in [7, 11) is 1.73. The number of alkyl halides is 3. The molecule has 0 spiro atoms. The van der Waals surface area contributed by atoms with E-state index in [2.05, 4.69) is 15.0 Å². The van der Waals surface area contributed by atoms with Crippen molar-refractivity contribution in [2.45, 2.75) is 51.4 Å². The summed E-state index contributed by atoms with van der Waals surface area (Å²) in [6, 6.07) is 4.64. The summed E-state index contributed by atoms with van der Waals surface area (Å²) in [4.78, 5) is 43.6. The lowest BCUT2D eigenvalue weighted by atomic mass is 10.00. The van der Waals surface area contributed by atoms with Crippen LogP contribution in [-0.2, 0) is 17.4 Å². The third-order valence-corrected chi connectivity index (χ3v) is 8.93. The highest BCUT2D eigenvalue weighted by atomic mass is 35.5. The molecule has 1 aliphatic heterocycles. The molecule has 4 aromatic heterocycles. The van der Waals surface area contributed by atoms with Crippen LogP contribution in [0.25, 0.3) is 5.65 Å². The Bertz CT molecular complexity index is 1720. The lowest BCUT2D eigenvalue weighted by molar-refractivity contribution is -0.137. The number of halogens is 4. The summed E-state index contributed by atoms with van der Waals surface area (Å²) in [5.41, 5.74) is 1.51. The molecule has 1 aliphatic carbocycles. The number of amides is 2. The molecule has 2 aliphatic rings. The van der Waals surface area contributed by atoms with Gasteiger partial charge >= 0.3 is 6.18 Å². The minimum absolute atomic E-state index is 0.0356. The maximum Gasteiger partial charge on any atom is 0.416 e. The first-order chi connectivity index (χ1) is 19.9. The molecule has 42 heavy (non-hydrogen) atoms. The van der Waals surface area contributed by atoms with Crippen molar-refractivity contribution in [2.75, 3.05) is 20.2 Å². The van der Waals surface area contributed by atoms with E-state index in [0.717, 1.165) is 40.6 Å². The van der Waals surface area contributed by atoms with Crippen LogP contribution in [0.1, 0.15) is 61.9 Å². The van der Waals surface area contributed by atoms with Gasteiger partial charge in [-0.05, 0) is 51.0 Å². The molecule has 6 rings (SSSR count). The van der Waals surface area contributed by atoms with Crippen molar-refractivity contribution in [3.63, 3.8) is 0 Å². The van der Waals surface area contributed by atoms with E-state index in [9.17, 15) is 22.8 Å². The van der Waals surface area contributed by atoms with Gasteiger partial charge in [0.05, 0.1) is 32.5 Å². The molecule has 0 saturated heterocycles. The molecule has 14 heteroatoms. The molecule has 0 aromatic carbocycles. The van der Waals surface area contributed by atoms with Gasteiger partial charge in [-0.1, -0.05) is 11.6 Å². The molecule has 0 bridgehead atoms. The molecule has 1 fully saturated rings. The van der Waals surface area contributed by atoms with Crippen molar-refractivity contribution in [3.8, 4) is 5.75 Å². The van der Waals surface area contributed by atoms with E-state index in [4.69, 9.17) is 16.3 Å². The number of carbonyl (C=O) groups excluding carboxylic acids is 2. The topological polar surface area (TPSA) is 92.9 Å². The highest BCUT2D eigenvalue weighted by molar-refractivity contribution is 7.11. The predicted octanol–water partition coefficient (Wildman–Crippen LogP) is 5.26. The van der Waals surface area contributed by atoms with Gasteiger partial charge in [0.15, 0.2) is 17.5 Å². The normalized spacial score (nSPS) is 16.9. The van der Waals surface area contributed by atoms with Gasteiger partial charge in [0, 0.05) is 32.3 Å². The molecule has 0 radical (unpaired) electrons. The first-order valence-corrected chi connectivity index (χ1v) is 14.5. The number of thiazole rings is 1. The molecule has 220 valence electrons. The van der Waals surface area contributed by atoms with E-state index in [0.29, 0.717) is 17.8 Å². The number of rotatable bonds is 6. The van der Waals surface area contributed by atoms with Crippen LogP contribution in [0.3, 0.4) is 0 Å². The zero-order valence-electron chi connectivity index (χ0n) is 22.9. The Morgan fingerprint density at radius 2 is 1.93 bits per heavy atom. The van der Waals surface area contributed by atoms with Gasteiger partial charge in [-0.2, -0.15) is 13.2 Å². The van der Waals surface area contributed by atoms with Gasteiger partial charge in [0.1, 0.15) is 17.4 Å². The maximum absolute atomic E-state index is 13.7. The van der Waals surface area contributed by atoms with E-state index in [1.54, 1.807) is 21.2 Å².